The highest BCUT2D eigenvalue weighted by atomic mass is 16.8. The maximum Gasteiger partial charge on any atom is 0.410 e. The lowest BCUT2D eigenvalue weighted by Crippen LogP contribution is -2.50. The van der Waals surface area contributed by atoms with Crippen molar-refractivity contribution in [3.8, 4) is 0 Å². The predicted octanol–water partition coefficient (Wildman–Crippen LogP) is 4.39. The van der Waals surface area contributed by atoms with Gasteiger partial charge in [0, 0.05) is 18.5 Å². The Hall–Kier alpha value is -1.15. The van der Waals surface area contributed by atoms with Crippen molar-refractivity contribution in [1.29, 1.82) is 0 Å². The van der Waals surface area contributed by atoms with E-state index in [1.807, 2.05) is 53.4 Å². The van der Waals surface area contributed by atoms with Gasteiger partial charge in [0.25, 0.3) is 0 Å². The molecule has 0 bridgehead atoms. The first-order chi connectivity index (χ1) is 14.3. The van der Waals surface area contributed by atoms with Crippen LogP contribution in [0.3, 0.4) is 0 Å². The van der Waals surface area contributed by atoms with Crippen molar-refractivity contribution in [2.75, 3.05) is 6.54 Å². The van der Waals surface area contributed by atoms with Crippen LogP contribution >= 0.6 is 0 Å². The van der Waals surface area contributed by atoms with E-state index < -0.39 is 17.2 Å². The SMILES string of the molecule is CC(C)(C)OC(=O)N1CCCC1CC=C[C@H]1C[C@@H]2OC(C)(C)O[C@@H]2[C@H]2OC(C)(C)O[C@H]21. The van der Waals surface area contributed by atoms with Gasteiger partial charge in [0.05, 0.1) is 12.2 Å². The first-order valence-corrected chi connectivity index (χ1v) is 11.7. The number of nitrogens with zero attached hydrogens (tertiary/aromatic N) is 1. The van der Waals surface area contributed by atoms with Crippen LogP contribution in [0.4, 0.5) is 4.79 Å². The normalized spacial score (nSPS) is 39.0. The van der Waals surface area contributed by atoms with Crippen molar-refractivity contribution in [3.63, 3.8) is 0 Å². The molecule has 3 heterocycles. The van der Waals surface area contributed by atoms with E-state index >= 15 is 0 Å². The van der Waals surface area contributed by atoms with Crippen molar-refractivity contribution in [3.05, 3.63) is 12.2 Å². The zero-order chi connectivity index (χ0) is 22.6. The maximum atomic E-state index is 12.6. The molecule has 4 rings (SSSR count). The first-order valence-electron chi connectivity index (χ1n) is 11.7. The molecule has 0 aromatic rings. The summed E-state index contributed by atoms with van der Waals surface area (Å²) in [6.45, 7) is 14.3. The summed E-state index contributed by atoms with van der Waals surface area (Å²) in [6, 6.07) is 0.181. The van der Waals surface area contributed by atoms with Crippen LogP contribution in [0, 0.1) is 5.92 Å². The smallest absolute Gasteiger partial charge is 0.410 e. The van der Waals surface area contributed by atoms with Gasteiger partial charge < -0.3 is 28.6 Å². The summed E-state index contributed by atoms with van der Waals surface area (Å²) in [5, 5.41) is 0. The van der Waals surface area contributed by atoms with Crippen molar-refractivity contribution >= 4 is 6.09 Å². The third-order valence-corrected chi connectivity index (χ3v) is 6.43. The molecule has 7 heteroatoms. The van der Waals surface area contributed by atoms with Crippen LogP contribution in [0.15, 0.2) is 12.2 Å². The van der Waals surface area contributed by atoms with E-state index in [0.29, 0.717) is 0 Å². The standard InChI is InChI=1S/C24H39NO6/c1-22(2,3)31-21(26)25-13-9-12-16(25)11-8-10-15-14-17-19(29-23(4,5)27-17)20-18(15)28-24(6,7)30-20/h8,10,15-20H,9,11-14H2,1-7H3/t15-,16?,17-,18-,19-,20-/m0/s1. The Balaban J connectivity index is 1.42. The van der Waals surface area contributed by atoms with Crippen LogP contribution in [0.2, 0.25) is 0 Å². The fourth-order valence-electron chi connectivity index (χ4n) is 5.37. The molecule has 0 N–H and O–H groups in total. The summed E-state index contributed by atoms with van der Waals surface area (Å²) < 4.78 is 30.4. The molecule has 3 aliphatic heterocycles. The van der Waals surface area contributed by atoms with E-state index in [1.54, 1.807) is 0 Å². The molecule has 1 saturated carbocycles. The van der Waals surface area contributed by atoms with Gasteiger partial charge in [0.15, 0.2) is 11.6 Å². The van der Waals surface area contributed by atoms with Crippen LogP contribution in [-0.4, -0.2) is 65.2 Å². The Kier molecular flexibility index (Phi) is 5.95. The number of fused-ring (bicyclic) bond motifs is 3. The molecule has 0 aromatic heterocycles. The van der Waals surface area contributed by atoms with Crippen molar-refractivity contribution < 1.29 is 28.5 Å². The topological polar surface area (TPSA) is 66.5 Å². The Morgan fingerprint density at radius 3 is 2.39 bits per heavy atom. The largest absolute Gasteiger partial charge is 0.444 e. The summed E-state index contributed by atoms with van der Waals surface area (Å²) in [5.41, 5.74) is -0.475. The second kappa shape index (κ2) is 8.01. The van der Waals surface area contributed by atoms with Crippen LogP contribution < -0.4 is 0 Å². The zero-order valence-electron chi connectivity index (χ0n) is 20.1. The molecule has 4 aliphatic rings. The quantitative estimate of drug-likeness (QED) is 0.610. The van der Waals surface area contributed by atoms with Gasteiger partial charge in [-0.1, -0.05) is 12.2 Å². The van der Waals surface area contributed by atoms with Crippen molar-refractivity contribution in [2.45, 2.75) is 122 Å². The highest BCUT2D eigenvalue weighted by Gasteiger charge is 2.59. The van der Waals surface area contributed by atoms with E-state index in [0.717, 1.165) is 32.2 Å². The van der Waals surface area contributed by atoms with E-state index in [9.17, 15) is 4.79 Å². The van der Waals surface area contributed by atoms with Gasteiger partial charge in [-0.15, -0.1) is 0 Å². The average Bonchev–Trinajstić information content (AvgIpc) is 3.27. The maximum absolute atomic E-state index is 12.6. The Morgan fingerprint density at radius 1 is 1.03 bits per heavy atom. The van der Waals surface area contributed by atoms with Crippen LogP contribution in [0.1, 0.15) is 74.1 Å². The number of likely N-dealkylation sites (tertiary alicyclic amines) is 1. The molecule has 31 heavy (non-hydrogen) atoms. The van der Waals surface area contributed by atoms with Crippen LogP contribution in [0.25, 0.3) is 0 Å². The van der Waals surface area contributed by atoms with Crippen molar-refractivity contribution in [2.24, 2.45) is 5.92 Å². The molecule has 176 valence electrons. The highest BCUT2D eigenvalue weighted by molar-refractivity contribution is 5.69. The van der Waals surface area contributed by atoms with E-state index in [4.69, 9.17) is 23.7 Å². The molecule has 7 nitrogen and oxygen atoms in total. The summed E-state index contributed by atoms with van der Waals surface area (Å²) in [4.78, 5) is 14.4. The van der Waals surface area contributed by atoms with Gasteiger partial charge in [0.2, 0.25) is 0 Å². The minimum atomic E-state index is -0.634. The van der Waals surface area contributed by atoms with E-state index in [2.05, 4.69) is 12.2 Å². The molecule has 3 saturated heterocycles. The number of amides is 1. The van der Waals surface area contributed by atoms with Gasteiger partial charge in [0.1, 0.15) is 17.8 Å². The van der Waals surface area contributed by atoms with Crippen LogP contribution in [-0.2, 0) is 23.7 Å². The summed E-state index contributed by atoms with van der Waals surface area (Å²) in [7, 11) is 0. The molecule has 1 aliphatic carbocycles. The van der Waals surface area contributed by atoms with Gasteiger partial charge in [-0.3, -0.25) is 0 Å². The Bertz CT molecular complexity index is 711. The minimum Gasteiger partial charge on any atom is -0.444 e. The Labute approximate surface area is 186 Å². The molecule has 6 atom stereocenters. The van der Waals surface area contributed by atoms with Gasteiger partial charge >= 0.3 is 6.09 Å². The number of ether oxygens (including phenoxy) is 5. The summed E-state index contributed by atoms with van der Waals surface area (Å²) in [5.74, 6) is -1.06. The number of carbonyl (C=O) groups excluding carboxylic acids is 1. The lowest BCUT2D eigenvalue weighted by Gasteiger charge is -2.36. The highest BCUT2D eigenvalue weighted by Crippen LogP contribution is 2.47. The monoisotopic (exact) mass is 437 g/mol. The Morgan fingerprint density at radius 2 is 1.68 bits per heavy atom. The molecule has 0 spiro atoms. The third kappa shape index (κ3) is 5.10. The fourth-order valence-corrected chi connectivity index (χ4v) is 5.37. The molecule has 4 fully saturated rings. The lowest BCUT2D eigenvalue weighted by atomic mass is 9.80. The third-order valence-electron chi connectivity index (χ3n) is 6.43. The van der Waals surface area contributed by atoms with Gasteiger partial charge in [-0.05, 0) is 74.1 Å². The minimum absolute atomic E-state index is 0.00635. The van der Waals surface area contributed by atoms with Gasteiger partial charge in [-0.25, -0.2) is 4.79 Å². The van der Waals surface area contributed by atoms with E-state index in [-0.39, 0.29) is 42.5 Å². The number of rotatable bonds is 3. The lowest BCUT2D eigenvalue weighted by molar-refractivity contribution is -0.176. The van der Waals surface area contributed by atoms with Crippen LogP contribution in [0.5, 0.6) is 0 Å². The fraction of sp³-hybridized carbons (Fsp3) is 0.875. The number of carbonyl (C=O) groups is 1. The average molecular weight is 438 g/mol. The van der Waals surface area contributed by atoms with Gasteiger partial charge in [-0.2, -0.15) is 0 Å². The second-order valence-corrected chi connectivity index (χ2v) is 11.2. The summed E-state index contributed by atoms with van der Waals surface area (Å²) in [6.07, 6.45) is 7.58. The van der Waals surface area contributed by atoms with E-state index in [1.165, 1.54) is 0 Å². The molecule has 1 unspecified atom stereocenters. The summed E-state index contributed by atoms with van der Waals surface area (Å²) >= 11 is 0. The molecule has 0 radical (unpaired) electrons. The predicted molar refractivity (Wildman–Crippen MR) is 115 cm³/mol. The van der Waals surface area contributed by atoms with Crippen molar-refractivity contribution in [1.82, 2.24) is 4.90 Å². The molecule has 0 aromatic carbocycles. The molecular weight excluding hydrogens is 398 g/mol. The molecular formula is C24H39NO6. The first kappa shape index (κ1) is 23.0. The second-order valence-electron chi connectivity index (χ2n) is 11.2. The number of hydrogen-bond donors (Lipinski definition) is 0. The molecule has 1 amide bonds. The zero-order valence-corrected chi connectivity index (χ0v) is 20.1. The number of hydrogen-bond acceptors (Lipinski definition) is 6.